The van der Waals surface area contributed by atoms with Gasteiger partial charge in [-0.2, -0.15) is 4.31 Å². The molecule has 0 unspecified atom stereocenters. The van der Waals surface area contributed by atoms with Crippen molar-refractivity contribution in [3.8, 4) is 22.6 Å². The lowest BCUT2D eigenvalue weighted by Crippen LogP contribution is -2.52. The molecule has 3 aromatic carbocycles. The van der Waals surface area contributed by atoms with Crippen molar-refractivity contribution < 1.29 is 27.4 Å². The third kappa shape index (κ3) is 7.23. The minimum Gasteiger partial charge on any atom is -0.493 e. The summed E-state index contributed by atoms with van der Waals surface area (Å²) in [4.78, 5) is 12.9. The lowest BCUT2D eigenvalue weighted by atomic mass is 9.90. The number of hydrogen-bond donors (Lipinski definition) is 0. The van der Waals surface area contributed by atoms with Gasteiger partial charge in [0.25, 0.3) is 0 Å². The average Bonchev–Trinajstić information content (AvgIpc) is 3.01. The number of piperidine rings is 1. The molecule has 0 N–H and O–H groups in total. The Morgan fingerprint density at radius 1 is 0.854 bits per heavy atom. The molecule has 3 aromatic rings. The van der Waals surface area contributed by atoms with Crippen LogP contribution in [0.5, 0.6) is 11.5 Å². The molecule has 1 aliphatic heterocycles. The zero-order chi connectivity index (χ0) is 28.8. The number of rotatable bonds is 9. The number of hydrogen-bond acceptors (Lipinski definition) is 6. The summed E-state index contributed by atoms with van der Waals surface area (Å²) in [7, 11) is -2.67. The first-order chi connectivity index (χ1) is 19.8. The van der Waals surface area contributed by atoms with Crippen molar-refractivity contribution >= 4 is 27.6 Å². The molecule has 2 fully saturated rings. The molecule has 0 amide bonds. The number of methoxy groups -OCH3 is 1. The second-order valence-electron chi connectivity index (χ2n) is 10.7. The van der Waals surface area contributed by atoms with Gasteiger partial charge in [0.1, 0.15) is 23.6 Å². The lowest BCUT2D eigenvalue weighted by Gasteiger charge is -2.36. The highest BCUT2D eigenvalue weighted by Gasteiger charge is 2.42. The third-order valence-electron chi connectivity index (χ3n) is 7.95. The molecule has 0 aromatic heterocycles. The topological polar surface area (TPSA) is 82.1 Å². The van der Waals surface area contributed by atoms with Gasteiger partial charge in [0.2, 0.25) is 10.0 Å². The molecule has 0 bridgehead atoms. The van der Waals surface area contributed by atoms with Crippen molar-refractivity contribution in [3.05, 3.63) is 77.8 Å². The summed E-state index contributed by atoms with van der Waals surface area (Å²) in [5, 5.41) is 0.679. The number of esters is 1. The number of carbonyl (C=O) groups excluding carboxylic acids is 1. The van der Waals surface area contributed by atoms with Crippen LogP contribution in [0.15, 0.2) is 77.7 Å². The summed E-state index contributed by atoms with van der Waals surface area (Å²) in [6.07, 6.45) is 6.41. The number of carbonyl (C=O) groups is 1. The van der Waals surface area contributed by atoms with E-state index in [0.29, 0.717) is 35.5 Å². The fraction of sp³-hybridized carbons (Fsp3) is 0.406. The molecule has 1 saturated heterocycles. The van der Waals surface area contributed by atoms with E-state index in [1.807, 2.05) is 48.5 Å². The second-order valence-corrected chi connectivity index (χ2v) is 13.1. The summed E-state index contributed by atoms with van der Waals surface area (Å²) in [6.45, 7) is 0.781. The molecule has 218 valence electrons. The lowest BCUT2D eigenvalue weighted by molar-refractivity contribution is -0.147. The molecule has 2 atom stereocenters. The quantitative estimate of drug-likeness (QED) is 0.254. The first-order valence-electron chi connectivity index (χ1n) is 14.2. The number of nitrogens with zero attached hydrogens (tertiary/aromatic N) is 1. The minimum absolute atomic E-state index is 0.119. The maximum absolute atomic E-state index is 13.6. The zero-order valence-corrected chi connectivity index (χ0v) is 24.8. The molecule has 41 heavy (non-hydrogen) atoms. The van der Waals surface area contributed by atoms with Gasteiger partial charge in [0.15, 0.2) is 0 Å². The largest absolute Gasteiger partial charge is 0.493 e. The first-order valence-corrected chi connectivity index (χ1v) is 16.0. The Kier molecular flexibility index (Phi) is 9.53. The van der Waals surface area contributed by atoms with Crippen LogP contribution in [0.4, 0.5) is 0 Å². The Morgan fingerprint density at radius 2 is 1.46 bits per heavy atom. The van der Waals surface area contributed by atoms with E-state index in [1.54, 1.807) is 24.3 Å². The van der Waals surface area contributed by atoms with Crippen LogP contribution in [-0.4, -0.2) is 51.1 Å². The van der Waals surface area contributed by atoms with Gasteiger partial charge < -0.3 is 14.2 Å². The van der Waals surface area contributed by atoms with E-state index in [0.717, 1.165) is 11.1 Å². The van der Waals surface area contributed by atoms with Gasteiger partial charge in [0, 0.05) is 18.0 Å². The zero-order valence-electron chi connectivity index (χ0n) is 23.2. The van der Waals surface area contributed by atoms with Crippen LogP contribution in [-0.2, 0) is 19.6 Å². The van der Waals surface area contributed by atoms with Gasteiger partial charge in [-0.25, -0.2) is 8.42 Å². The summed E-state index contributed by atoms with van der Waals surface area (Å²) >= 11 is 5.99. The van der Waals surface area contributed by atoms with E-state index >= 15 is 0 Å². The fourth-order valence-electron chi connectivity index (χ4n) is 5.63. The third-order valence-corrected chi connectivity index (χ3v) is 10.1. The van der Waals surface area contributed by atoms with Crippen molar-refractivity contribution in [2.45, 2.75) is 62.0 Å². The minimum atomic E-state index is -3.94. The number of ether oxygens (including phenoxy) is 3. The summed E-state index contributed by atoms with van der Waals surface area (Å²) < 4.78 is 45.6. The SMILES string of the molecule is COC(=O)[C@@H]1C[C@H](Oc2ccc(-c3ccc(Cl)cc3)cc2)CCN1S(=O)(=O)c1ccc(OCC2CCCCC2)cc1. The molecule has 0 radical (unpaired) electrons. The summed E-state index contributed by atoms with van der Waals surface area (Å²) in [6, 6.07) is 20.7. The molecule has 7 nitrogen and oxygen atoms in total. The normalized spacial score (nSPS) is 20.3. The van der Waals surface area contributed by atoms with Crippen LogP contribution in [0.25, 0.3) is 11.1 Å². The van der Waals surface area contributed by atoms with Crippen molar-refractivity contribution in [1.82, 2.24) is 4.31 Å². The predicted octanol–water partition coefficient (Wildman–Crippen LogP) is 6.74. The van der Waals surface area contributed by atoms with Crippen LogP contribution in [0.3, 0.4) is 0 Å². The molecule has 2 aliphatic rings. The van der Waals surface area contributed by atoms with Crippen molar-refractivity contribution in [2.75, 3.05) is 20.3 Å². The van der Waals surface area contributed by atoms with Gasteiger partial charge in [-0.3, -0.25) is 4.79 Å². The Morgan fingerprint density at radius 3 is 2.10 bits per heavy atom. The number of sulfonamides is 1. The highest BCUT2D eigenvalue weighted by atomic mass is 35.5. The standard InChI is InChI=1S/C32H36ClNO6S/c1-38-32(35)31-21-29(40-28-13-9-25(10-14-28)24-7-11-26(33)12-8-24)19-20-34(31)41(36,37)30-17-15-27(16-18-30)39-22-23-5-3-2-4-6-23/h7-18,23,29,31H,2-6,19-22H2,1H3/t29-,31+/m1/s1. The molecular weight excluding hydrogens is 562 g/mol. The van der Waals surface area contributed by atoms with Gasteiger partial charge in [-0.05, 0) is 84.8 Å². The molecule has 1 aliphatic carbocycles. The first kappa shape index (κ1) is 29.4. The summed E-state index contributed by atoms with van der Waals surface area (Å²) in [5.41, 5.74) is 2.06. The Labute approximate surface area is 247 Å². The Hall–Kier alpha value is -3.07. The molecule has 1 heterocycles. The van der Waals surface area contributed by atoms with Gasteiger partial charge >= 0.3 is 5.97 Å². The Bertz CT molecular complexity index is 1400. The molecular formula is C32H36ClNO6S. The van der Waals surface area contributed by atoms with Crippen LogP contribution in [0.1, 0.15) is 44.9 Å². The molecule has 9 heteroatoms. The smallest absolute Gasteiger partial charge is 0.324 e. The monoisotopic (exact) mass is 597 g/mol. The maximum atomic E-state index is 13.6. The highest BCUT2D eigenvalue weighted by molar-refractivity contribution is 7.89. The average molecular weight is 598 g/mol. The number of halogens is 1. The van der Waals surface area contributed by atoms with E-state index in [9.17, 15) is 13.2 Å². The van der Waals surface area contributed by atoms with Crippen molar-refractivity contribution in [2.24, 2.45) is 5.92 Å². The number of benzene rings is 3. The van der Waals surface area contributed by atoms with Crippen LogP contribution in [0, 0.1) is 5.92 Å². The van der Waals surface area contributed by atoms with Gasteiger partial charge in [-0.15, -0.1) is 0 Å². The van der Waals surface area contributed by atoms with Gasteiger partial charge in [0.05, 0.1) is 18.6 Å². The maximum Gasteiger partial charge on any atom is 0.324 e. The van der Waals surface area contributed by atoms with E-state index in [-0.39, 0.29) is 24.0 Å². The van der Waals surface area contributed by atoms with E-state index < -0.39 is 22.0 Å². The molecule has 5 rings (SSSR count). The second kappa shape index (κ2) is 13.3. The van der Waals surface area contributed by atoms with Crippen molar-refractivity contribution in [3.63, 3.8) is 0 Å². The van der Waals surface area contributed by atoms with Crippen LogP contribution < -0.4 is 9.47 Å². The van der Waals surface area contributed by atoms with Crippen LogP contribution in [0.2, 0.25) is 5.02 Å². The van der Waals surface area contributed by atoms with E-state index in [4.69, 9.17) is 25.8 Å². The van der Waals surface area contributed by atoms with Gasteiger partial charge in [-0.1, -0.05) is 55.1 Å². The fourth-order valence-corrected chi connectivity index (χ4v) is 7.36. The van der Waals surface area contributed by atoms with Crippen LogP contribution >= 0.6 is 11.6 Å². The highest BCUT2D eigenvalue weighted by Crippen LogP contribution is 2.31. The molecule has 0 spiro atoms. The Balaban J connectivity index is 1.23. The summed E-state index contributed by atoms with van der Waals surface area (Å²) in [5.74, 6) is 1.25. The predicted molar refractivity (Wildman–Crippen MR) is 159 cm³/mol. The van der Waals surface area contributed by atoms with Crippen molar-refractivity contribution in [1.29, 1.82) is 0 Å². The van der Waals surface area contributed by atoms with E-state index in [1.165, 1.54) is 43.5 Å². The van der Waals surface area contributed by atoms with E-state index in [2.05, 4.69) is 0 Å². The molecule has 1 saturated carbocycles.